The van der Waals surface area contributed by atoms with Gasteiger partial charge >= 0.3 is 5.97 Å². The number of hydrogen-bond donors (Lipinski definition) is 1. The van der Waals surface area contributed by atoms with E-state index in [4.69, 9.17) is 0 Å². The van der Waals surface area contributed by atoms with Crippen molar-refractivity contribution in [1.82, 2.24) is 5.32 Å². The van der Waals surface area contributed by atoms with Gasteiger partial charge in [0.25, 0.3) is 0 Å². The number of carbonyl (C=O) groups is 1. The summed E-state index contributed by atoms with van der Waals surface area (Å²) in [5.41, 5.74) is 2.90. The van der Waals surface area contributed by atoms with E-state index in [1.54, 1.807) is 0 Å². The van der Waals surface area contributed by atoms with E-state index >= 15 is 0 Å². The largest absolute Gasteiger partial charge is 0.468 e. The van der Waals surface area contributed by atoms with E-state index in [0.717, 1.165) is 6.54 Å². The van der Waals surface area contributed by atoms with E-state index in [9.17, 15) is 4.79 Å². The summed E-state index contributed by atoms with van der Waals surface area (Å²) in [6.45, 7) is 1.15. The summed E-state index contributed by atoms with van der Waals surface area (Å²) in [5, 5.41) is 3.17. The molecule has 0 saturated heterocycles. The van der Waals surface area contributed by atoms with Crippen molar-refractivity contribution in [2.24, 2.45) is 0 Å². The minimum absolute atomic E-state index is 0.200. The number of methoxy groups -OCH3 is 1. The van der Waals surface area contributed by atoms with Gasteiger partial charge in [0, 0.05) is 6.54 Å². The van der Waals surface area contributed by atoms with Crippen LogP contribution in [0.3, 0.4) is 0 Å². The quantitative estimate of drug-likeness (QED) is 0.807. The maximum atomic E-state index is 11.0. The lowest BCUT2D eigenvalue weighted by atomic mass is 9.83. The Hall–Kier alpha value is -1.35. The van der Waals surface area contributed by atoms with Crippen molar-refractivity contribution < 1.29 is 9.53 Å². The number of hydrogen-bond acceptors (Lipinski definition) is 3. The minimum atomic E-state index is -0.200. The van der Waals surface area contributed by atoms with Crippen LogP contribution in [0.4, 0.5) is 0 Å². The summed E-state index contributed by atoms with van der Waals surface area (Å²) in [6.07, 6.45) is 3.62. The molecule has 1 N–H and O–H groups in total. The molecule has 0 spiro atoms. The van der Waals surface area contributed by atoms with Crippen LogP contribution in [0.15, 0.2) is 24.3 Å². The van der Waals surface area contributed by atoms with Gasteiger partial charge in [-0.25, -0.2) is 0 Å². The van der Waals surface area contributed by atoms with Gasteiger partial charge in [-0.05, 0) is 36.3 Å². The van der Waals surface area contributed by atoms with Crippen molar-refractivity contribution in [3.05, 3.63) is 35.4 Å². The number of esters is 1. The standard InChI is InChI=1S/C14H19NO2/c1-17-14(16)10-15-9-12-7-4-6-11-5-2-3-8-13(11)12/h2-3,5,8,12,15H,4,6-7,9-10H2,1H3. The summed E-state index contributed by atoms with van der Waals surface area (Å²) < 4.78 is 4.61. The van der Waals surface area contributed by atoms with Crippen LogP contribution in [0, 0.1) is 0 Å². The summed E-state index contributed by atoms with van der Waals surface area (Å²) in [5.74, 6) is 0.332. The van der Waals surface area contributed by atoms with E-state index in [-0.39, 0.29) is 5.97 Å². The van der Waals surface area contributed by atoms with Crippen LogP contribution in [0.1, 0.15) is 29.9 Å². The van der Waals surface area contributed by atoms with E-state index in [1.165, 1.54) is 37.5 Å². The van der Waals surface area contributed by atoms with Gasteiger partial charge < -0.3 is 10.1 Å². The Morgan fingerprint density at radius 1 is 1.47 bits per heavy atom. The summed E-state index contributed by atoms with van der Waals surface area (Å²) in [6, 6.07) is 8.61. The minimum Gasteiger partial charge on any atom is -0.468 e. The number of fused-ring (bicyclic) bond motifs is 1. The molecule has 0 bridgehead atoms. The van der Waals surface area contributed by atoms with Crippen LogP contribution in [0.5, 0.6) is 0 Å². The van der Waals surface area contributed by atoms with Crippen LogP contribution in [0.25, 0.3) is 0 Å². The van der Waals surface area contributed by atoms with Crippen LogP contribution < -0.4 is 5.32 Å². The third-order valence-corrected chi connectivity index (χ3v) is 3.38. The lowest BCUT2D eigenvalue weighted by Crippen LogP contribution is -2.29. The maximum absolute atomic E-state index is 11.0. The average Bonchev–Trinajstić information content (AvgIpc) is 2.39. The Morgan fingerprint density at radius 3 is 3.12 bits per heavy atom. The zero-order chi connectivity index (χ0) is 12.1. The fourth-order valence-corrected chi connectivity index (χ4v) is 2.49. The van der Waals surface area contributed by atoms with Gasteiger partial charge in [0.2, 0.25) is 0 Å². The summed E-state index contributed by atoms with van der Waals surface area (Å²) in [4.78, 5) is 11.0. The highest BCUT2D eigenvalue weighted by molar-refractivity contribution is 5.71. The Labute approximate surface area is 102 Å². The number of aryl methyl sites for hydroxylation is 1. The first kappa shape index (κ1) is 12.1. The molecule has 0 radical (unpaired) electrons. The topological polar surface area (TPSA) is 38.3 Å². The van der Waals surface area contributed by atoms with Gasteiger partial charge in [0.15, 0.2) is 0 Å². The molecule has 3 nitrogen and oxygen atoms in total. The predicted molar refractivity (Wildman–Crippen MR) is 67.0 cm³/mol. The summed E-state index contributed by atoms with van der Waals surface area (Å²) >= 11 is 0. The first-order chi connectivity index (χ1) is 8.31. The number of benzene rings is 1. The molecule has 0 amide bonds. The van der Waals surface area contributed by atoms with Crippen LogP contribution in [-0.4, -0.2) is 26.2 Å². The first-order valence-corrected chi connectivity index (χ1v) is 6.16. The fraction of sp³-hybridized carbons (Fsp3) is 0.500. The first-order valence-electron chi connectivity index (χ1n) is 6.16. The molecule has 1 aromatic rings. The van der Waals surface area contributed by atoms with Gasteiger partial charge in [-0.3, -0.25) is 4.79 Å². The molecule has 0 aromatic heterocycles. The average molecular weight is 233 g/mol. The Kier molecular flexibility index (Phi) is 4.15. The highest BCUT2D eigenvalue weighted by atomic mass is 16.5. The summed E-state index contributed by atoms with van der Waals surface area (Å²) in [7, 11) is 1.42. The molecule has 0 aliphatic heterocycles. The van der Waals surface area contributed by atoms with Gasteiger partial charge in [-0.15, -0.1) is 0 Å². The smallest absolute Gasteiger partial charge is 0.319 e. The molecule has 92 valence electrons. The van der Waals surface area contributed by atoms with Crippen molar-refractivity contribution in [1.29, 1.82) is 0 Å². The zero-order valence-electron chi connectivity index (χ0n) is 10.2. The van der Waals surface area contributed by atoms with Gasteiger partial charge in [-0.1, -0.05) is 24.3 Å². The number of carbonyl (C=O) groups excluding carboxylic acids is 1. The molecule has 0 heterocycles. The Balaban J connectivity index is 1.92. The lowest BCUT2D eigenvalue weighted by molar-refractivity contribution is -0.139. The monoisotopic (exact) mass is 233 g/mol. The van der Waals surface area contributed by atoms with Crippen molar-refractivity contribution in [3.8, 4) is 0 Å². The van der Waals surface area contributed by atoms with Gasteiger partial charge in [-0.2, -0.15) is 0 Å². The molecule has 0 fully saturated rings. The molecule has 2 rings (SSSR count). The molecule has 1 aliphatic carbocycles. The van der Waals surface area contributed by atoms with Crippen molar-refractivity contribution in [2.45, 2.75) is 25.2 Å². The zero-order valence-corrected chi connectivity index (χ0v) is 10.2. The van der Waals surface area contributed by atoms with Crippen molar-refractivity contribution in [3.63, 3.8) is 0 Å². The van der Waals surface area contributed by atoms with E-state index in [0.29, 0.717) is 12.5 Å². The molecule has 3 heteroatoms. The number of ether oxygens (including phenoxy) is 1. The second-order valence-electron chi connectivity index (χ2n) is 4.49. The second-order valence-corrected chi connectivity index (χ2v) is 4.49. The SMILES string of the molecule is COC(=O)CNCC1CCCc2ccccc21. The molecule has 1 aliphatic rings. The maximum Gasteiger partial charge on any atom is 0.319 e. The highest BCUT2D eigenvalue weighted by Crippen LogP contribution is 2.30. The Morgan fingerprint density at radius 2 is 2.29 bits per heavy atom. The second kappa shape index (κ2) is 5.82. The van der Waals surface area contributed by atoms with Gasteiger partial charge in [0.1, 0.15) is 0 Å². The molecule has 1 atom stereocenters. The highest BCUT2D eigenvalue weighted by Gasteiger charge is 2.19. The van der Waals surface area contributed by atoms with E-state index < -0.39 is 0 Å². The number of rotatable bonds is 4. The molecular formula is C14H19NO2. The van der Waals surface area contributed by atoms with E-state index in [2.05, 4.69) is 34.3 Å². The molecule has 1 aromatic carbocycles. The van der Waals surface area contributed by atoms with Crippen LogP contribution >= 0.6 is 0 Å². The fourth-order valence-electron chi connectivity index (χ4n) is 2.49. The van der Waals surface area contributed by atoms with Crippen molar-refractivity contribution >= 4 is 5.97 Å². The van der Waals surface area contributed by atoms with Crippen LogP contribution in [-0.2, 0) is 16.0 Å². The van der Waals surface area contributed by atoms with Gasteiger partial charge in [0.05, 0.1) is 13.7 Å². The van der Waals surface area contributed by atoms with Crippen LogP contribution in [0.2, 0.25) is 0 Å². The number of nitrogens with one attached hydrogen (secondary N) is 1. The predicted octanol–water partition coefficient (Wildman–Crippen LogP) is 1.87. The molecule has 1 unspecified atom stereocenters. The molecular weight excluding hydrogens is 214 g/mol. The normalized spacial score (nSPS) is 18.5. The Bertz CT molecular complexity index is 390. The lowest BCUT2D eigenvalue weighted by Gasteiger charge is -2.25. The van der Waals surface area contributed by atoms with E-state index in [1.807, 2.05) is 0 Å². The third kappa shape index (κ3) is 3.07. The van der Waals surface area contributed by atoms with Crippen molar-refractivity contribution in [2.75, 3.05) is 20.2 Å². The molecule has 17 heavy (non-hydrogen) atoms. The molecule has 0 saturated carbocycles. The third-order valence-electron chi connectivity index (χ3n) is 3.38.